The van der Waals surface area contributed by atoms with Crippen LogP contribution in [-0.2, 0) is 18.0 Å². The highest BCUT2D eigenvalue weighted by molar-refractivity contribution is 5.89. The molecule has 2 unspecified atom stereocenters. The van der Waals surface area contributed by atoms with Crippen LogP contribution in [-0.4, -0.2) is 48.1 Å². The van der Waals surface area contributed by atoms with Gasteiger partial charge in [-0.3, -0.25) is 4.90 Å². The summed E-state index contributed by atoms with van der Waals surface area (Å²) in [5.41, 5.74) is 3.29. The predicted molar refractivity (Wildman–Crippen MR) is 75.5 cm³/mol. The first-order valence-corrected chi connectivity index (χ1v) is 7.29. The highest BCUT2D eigenvalue weighted by Crippen LogP contribution is 2.25. The zero-order valence-electron chi connectivity index (χ0n) is 11.5. The molecule has 2 saturated heterocycles. The second-order valence-corrected chi connectivity index (χ2v) is 5.84. The van der Waals surface area contributed by atoms with Crippen molar-refractivity contribution < 1.29 is 9.53 Å². The SMILES string of the molecule is O=C(Nc1ccc2c(c1)COC2)N1CCN2CCC1C2. The third kappa shape index (κ3) is 2.07. The Kier molecular flexibility index (Phi) is 2.89. The van der Waals surface area contributed by atoms with E-state index in [1.165, 1.54) is 11.1 Å². The maximum absolute atomic E-state index is 12.4. The average Bonchev–Trinajstić information content (AvgIpc) is 3.05. The third-order valence-electron chi connectivity index (χ3n) is 4.58. The van der Waals surface area contributed by atoms with Crippen molar-refractivity contribution in [3.63, 3.8) is 0 Å². The lowest BCUT2D eigenvalue weighted by molar-refractivity contribution is 0.134. The maximum atomic E-state index is 12.4. The predicted octanol–water partition coefficient (Wildman–Crippen LogP) is 1.64. The average molecular weight is 273 g/mol. The van der Waals surface area contributed by atoms with E-state index in [1.54, 1.807) is 0 Å². The molecule has 5 nitrogen and oxygen atoms in total. The van der Waals surface area contributed by atoms with Gasteiger partial charge in [-0.2, -0.15) is 0 Å². The van der Waals surface area contributed by atoms with Gasteiger partial charge < -0.3 is 15.0 Å². The molecule has 1 aromatic carbocycles. The minimum absolute atomic E-state index is 0.0374. The third-order valence-corrected chi connectivity index (χ3v) is 4.58. The summed E-state index contributed by atoms with van der Waals surface area (Å²) in [5.74, 6) is 0. The number of ether oxygens (including phenoxy) is 1. The van der Waals surface area contributed by atoms with Crippen LogP contribution < -0.4 is 5.32 Å². The molecule has 2 amide bonds. The topological polar surface area (TPSA) is 44.8 Å². The molecule has 3 aliphatic heterocycles. The number of piperazine rings is 1. The van der Waals surface area contributed by atoms with Crippen LogP contribution in [0.2, 0.25) is 0 Å². The highest BCUT2D eigenvalue weighted by Gasteiger charge is 2.35. The minimum atomic E-state index is 0.0374. The number of anilines is 1. The first-order valence-electron chi connectivity index (χ1n) is 7.29. The van der Waals surface area contributed by atoms with Crippen molar-refractivity contribution in [1.82, 2.24) is 9.80 Å². The van der Waals surface area contributed by atoms with E-state index in [2.05, 4.69) is 10.2 Å². The van der Waals surface area contributed by atoms with Crippen molar-refractivity contribution in [1.29, 1.82) is 0 Å². The lowest BCUT2D eigenvalue weighted by Gasteiger charge is -2.34. The van der Waals surface area contributed by atoms with E-state index in [-0.39, 0.29) is 6.03 Å². The number of urea groups is 1. The molecule has 2 atom stereocenters. The lowest BCUT2D eigenvalue weighted by Crippen LogP contribution is -2.51. The van der Waals surface area contributed by atoms with Gasteiger partial charge in [-0.1, -0.05) is 6.07 Å². The highest BCUT2D eigenvalue weighted by atomic mass is 16.5. The standard InChI is InChI=1S/C15H19N3O2/c19-15(18-6-5-17-4-3-14(18)8-17)16-13-2-1-11-9-20-10-12(11)7-13/h1-2,7,14H,3-6,8-10H2,(H,16,19). The molecular weight excluding hydrogens is 254 g/mol. The summed E-state index contributed by atoms with van der Waals surface area (Å²) in [5, 5.41) is 3.04. The Morgan fingerprint density at radius 3 is 3.05 bits per heavy atom. The zero-order valence-corrected chi connectivity index (χ0v) is 11.5. The summed E-state index contributed by atoms with van der Waals surface area (Å²) in [6.07, 6.45) is 1.10. The Bertz CT molecular complexity index is 546. The molecule has 1 N–H and O–H groups in total. The van der Waals surface area contributed by atoms with E-state index in [9.17, 15) is 4.79 Å². The Labute approximate surface area is 118 Å². The second-order valence-electron chi connectivity index (χ2n) is 5.84. The van der Waals surface area contributed by atoms with Crippen LogP contribution in [0.4, 0.5) is 10.5 Å². The van der Waals surface area contributed by atoms with Gasteiger partial charge in [0.05, 0.1) is 13.2 Å². The van der Waals surface area contributed by atoms with Crippen LogP contribution in [0.5, 0.6) is 0 Å². The quantitative estimate of drug-likeness (QED) is 0.846. The van der Waals surface area contributed by atoms with Crippen molar-refractivity contribution in [3.8, 4) is 0 Å². The van der Waals surface area contributed by atoms with Crippen molar-refractivity contribution in [2.24, 2.45) is 0 Å². The largest absolute Gasteiger partial charge is 0.372 e. The number of carbonyl (C=O) groups excluding carboxylic acids is 1. The molecule has 4 rings (SSSR count). The van der Waals surface area contributed by atoms with Gasteiger partial charge in [0, 0.05) is 37.9 Å². The monoisotopic (exact) mass is 273 g/mol. The molecule has 2 bridgehead atoms. The molecule has 5 heteroatoms. The maximum Gasteiger partial charge on any atom is 0.322 e. The molecule has 0 radical (unpaired) electrons. The molecule has 1 aromatic rings. The number of hydrogen-bond donors (Lipinski definition) is 1. The summed E-state index contributed by atoms with van der Waals surface area (Å²) in [6, 6.07) is 6.48. The van der Waals surface area contributed by atoms with Gasteiger partial charge in [0.25, 0.3) is 0 Å². The van der Waals surface area contributed by atoms with Crippen molar-refractivity contribution >= 4 is 11.7 Å². The number of rotatable bonds is 1. The van der Waals surface area contributed by atoms with Gasteiger partial charge in [-0.05, 0) is 29.7 Å². The molecule has 0 aromatic heterocycles. The minimum Gasteiger partial charge on any atom is -0.372 e. The van der Waals surface area contributed by atoms with Crippen LogP contribution in [0.1, 0.15) is 17.5 Å². The van der Waals surface area contributed by atoms with Crippen LogP contribution in [0.25, 0.3) is 0 Å². The molecule has 20 heavy (non-hydrogen) atoms. The van der Waals surface area contributed by atoms with Gasteiger partial charge in [0.1, 0.15) is 0 Å². The number of benzene rings is 1. The number of nitrogens with zero attached hydrogens (tertiary/aromatic N) is 2. The van der Waals surface area contributed by atoms with Crippen LogP contribution >= 0.6 is 0 Å². The van der Waals surface area contributed by atoms with Crippen LogP contribution in [0, 0.1) is 0 Å². The van der Waals surface area contributed by atoms with E-state index in [1.807, 2.05) is 23.1 Å². The van der Waals surface area contributed by atoms with E-state index >= 15 is 0 Å². The molecule has 0 saturated carbocycles. The van der Waals surface area contributed by atoms with Crippen molar-refractivity contribution in [3.05, 3.63) is 29.3 Å². The van der Waals surface area contributed by atoms with Crippen molar-refractivity contribution in [2.75, 3.05) is 31.5 Å². The fourth-order valence-electron chi connectivity index (χ4n) is 3.41. The Morgan fingerprint density at radius 1 is 1.20 bits per heavy atom. The Balaban J connectivity index is 1.47. The molecule has 106 valence electrons. The van der Waals surface area contributed by atoms with Gasteiger partial charge in [0.2, 0.25) is 0 Å². The van der Waals surface area contributed by atoms with Gasteiger partial charge >= 0.3 is 6.03 Å². The normalized spacial score (nSPS) is 27.5. The number of fused-ring (bicyclic) bond motifs is 3. The van der Waals surface area contributed by atoms with Crippen LogP contribution in [0.15, 0.2) is 18.2 Å². The first kappa shape index (κ1) is 12.2. The summed E-state index contributed by atoms with van der Waals surface area (Å²) in [4.78, 5) is 16.8. The van der Waals surface area contributed by atoms with Crippen LogP contribution in [0.3, 0.4) is 0 Å². The number of carbonyl (C=O) groups is 1. The molecule has 0 aliphatic carbocycles. The van der Waals surface area contributed by atoms with E-state index < -0.39 is 0 Å². The van der Waals surface area contributed by atoms with Gasteiger partial charge in [-0.15, -0.1) is 0 Å². The molecule has 2 fully saturated rings. The summed E-state index contributed by atoms with van der Waals surface area (Å²) in [6.45, 7) is 5.34. The summed E-state index contributed by atoms with van der Waals surface area (Å²) < 4.78 is 5.40. The van der Waals surface area contributed by atoms with Gasteiger partial charge in [0.15, 0.2) is 0 Å². The number of nitrogens with one attached hydrogen (secondary N) is 1. The first-order chi connectivity index (χ1) is 9.79. The lowest BCUT2D eigenvalue weighted by atomic mass is 10.1. The van der Waals surface area contributed by atoms with E-state index in [0.717, 1.165) is 38.3 Å². The molecular formula is C15H19N3O2. The van der Waals surface area contributed by atoms with E-state index in [0.29, 0.717) is 19.3 Å². The number of hydrogen-bond acceptors (Lipinski definition) is 3. The Morgan fingerprint density at radius 2 is 2.10 bits per heavy atom. The number of amides is 2. The summed E-state index contributed by atoms with van der Waals surface area (Å²) >= 11 is 0. The Hall–Kier alpha value is -1.59. The molecule has 3 aliphatic rings. The van der Waals surface area contributed by atoms with E-state index in [4.69, 9.17) is 4.74 Å². The summed E-state index contributed by atoms with van der Waals surface area (Å²) in [7, 11) is 0. The van der Waals surface area contributed by atoms with Gasteiger partial charge in [-0.25, -0.2) is 4.79 Å². The smallest absolute Gasteiger partial charge is 0.322 e. The zero-order chi connectivity index (χ0) is 13.5. The van der Waals surface area contributed by atoms with Crippen molar-refractivity contribution in [2.45, 2.75) is 25.7 Å². The molecule has 0 spiro atoms. The molecule has 3 heterocycles. The fraction of sp³-hybridized carbons (Fsp3) is 0.533. The fourth-order valence-corrected chi connectivity index (χ4v) is 3.41. The second kappa shape index (κ2) is 4.75.